The molecule has 1 heterocycles. The number of amides is 1. The van der Waals surface area contributed by atoms with E-state index in [0.717, 1.165) is 6.07 Å². The number of sulfonamides is 1. The van der Waals surface area contributed by atoms with Crippen molar-refractivity contribution in [2.45, 2.75) is 17.4 Å². The topological polar surface area (TPSA) is 93.7 Å². The van der Waals surface area contributed by atoms with Crippen LogP contribution in [0.2, 0.25) is 5.02 Å². The molecule has 28 heavy (non-hydrogen) atoms. The standard InChI is InChI=1S/C18H18ClFN2O5S/c1-26-17-5-3-13(28(24,25)22-12-6-7-27-10-12)9-14(17)18(23)21-16-4-2-11(19)8-15(16)20/h2-5,8-9,12,22H,6-7,10H2,1H3,(H,21,23). The first-order valence-electron chi connectivity index (χ1n) is 8.34. The van der Waals surface area contributed by atoms with Gasteiger partial charge in [-0.3, -0.25) is 4.79 Å². The molecule has 0 spiro atoms. The summed E-state index contributed by atoms with van der Waals surface area (Å²) in [5.41, 5.74) is -0.145. The number of carbonyl (C=O) groups is 1. The zero-order chi connectivity index (χ0) is 20.3. The molecule has 1 saturated heterocycles. The Morgan fingerprint density at radius 1 is 1.29 bits per heavy atom. The van der Waals surface area contributed by atoms with Gasteiger partial charge in [-0.15, -0.1) is 0 Å². The second-order valence-corrected chi connectivity index (χ2v) is 8.27. The van der Waals surface area contributed by atoms with Crippen LogP contribution in [0.25, 0.3) is 0 Å². The SMILES string of the molecule is COc1ccc(S(=O)(=O)NC2CCOC2)cc1C(=O)Nc1ccc(Cl)cc1F. The van der Waals surface area contributed by atoms with Crippen molar-refractivity contribution >= 4 is 33.2 Å². The molecule has 0 aromatic heterocycles. The number of rotatable bonds is 6. The van der Waals surface area contributed by atoms with E-state index >= 15 is 0 Å². The summed E-state index contributed by atoms with van der Waals surface area (Å²) >= 11 is 5.70. The number of nitrogens with one attached hydrogen (secondary N) is 2. The number of hydrogen-bond donors (Lipinski definition) is 2. The van der Waals surface area contributed by atoms with Gasteiger partial charge < -0.3 is 14.8 Å². The normalized spacial score (nSPS) is 16.8. The van der Waals surface area contributed by atoms with E-state index in [9.17, 15) is 17.6 Å². The Bertz CT molecular complexity index is 993. The maximum absolute atomic E-state index is 14.0. The van der Waals surface area contributed by atoms with E-state index in [-0.39, 0.29) is 33.0 Å². The molecule has 2 aromatic carbocycles. The maximum Gasteiger partial charge on any atom is 0.259 e. The van der Waals surface area contributed by atoms with E-state index in [0.29, 0.717) is 19.6 Å². The summed E-state index contributed by atoms with van der Waals surface area (Å²) in [7, 11) is -2.52. The average Bonchev–Trinajstić information content (AvgIpc) is 3.15. The second-order valence-electron chi connectivity index (χ2n) is 6.12. The smallest absolute Gasteiger partial charge is 0.259 e. The molecule has 2 aromatic rings. The molecule has 1 aliphatic heterocycles. The van der Waals surface area contributed by atoms with Crippen LogP contribution < -0.4 is 14.8 Å². The third-order valence-corrected chi connectivity index (χ3v) is 5.91. The number of benzene rings is 2. The van der Waals surface area contributed by atoms with E-state index in [1.807, 2.05) is 0 Å². The van der Waals surface area contributed by atoms with Crippen LogP contribution in [0.15, 0.2) is 41.3 Å². The van der Waals surface area contributed by atoms with Crippen LogP contribution in [0.4, 0.5) is 10.1 Å². The Kier molecular flexibility index (Phi) is 6.19. The number of methoxy groups -OCH3 is 1. The monoisotopic (exact) mass is 428 g/mol. The van der Waals surface area contributed by atoms with Crippen LogP contribution in [0.5, 0.6) is 5.75 Å². The predicted octanol–water partition coefficient (Wildman–Crippen LogP) is 2.81. The molecule has 0 bridgehead atoms. The molecule has 1 unspecified atom stereocenters. The lowest BCUT2D eigenvalue weighted by Crippen LogP contribution is -2.35. The molecule has 0 saturated carbocycles. The number of hydrogen-bond acceptors (Lipinski definition) is 5. The van der Waals surface area contributed by atoms with Crippen molar-refractivity contribution in [3.63, 3.8) is 0 Å². The van der Waals surface area contributed by atoms with E-state index in [4.69, 9.17) is 21.1 Å². The van der Waals surface area contributed by atoms with Gasteiger partial charge in [0.25, 0.3) is 5.91 Å². The Morgan fingerprint density at radius 3 is 2.71 bits per heavy atom. The van der Waals surface area contributed by atoms with Gasteiger partial charge in [0.05, 0.1) is 29.9 Å². The lowest BCUT2D eigenvalue weighted by Gasteiger charge is -2.14. The highest BCUT2D eigenvalue weighted by molar-refractivity contribution is 7.89. The van der Waals surface area contributed by atoms with Crippen LogP contribution >= 0.6 is 11.6 Å². The van der Waals surface area contributed by atoms with E-state index < -0.39 is 21.7 Å². The van der Waals surface area contributed by atoms with Crippen molar-refractivity contribution in [2.24, 2.45) is 0 Å². The first kappa shape index (κ1) is 20.5. The Hall–Kier alpha value is -2.20. The highest BCUT2D eigenvalue weighted by Gasteiger charge is 2.25. The fourth-order valence-corrected chi connectivity index (χ4v) is 4.17. The van der Waals surface area contributed by atoms with Crippen molar-refractivity contribution in [2.75, 3.05) is 25.6 Å². The van der Waals surface area contributed by atoms with Gasteiger partial charge in [-0.1, -0.05) is 11.6 Å². The minimum absolute atomic E-state index is 0.0533. The minimum Gasteiger partial charge on any atom is -0.496 e. The molecule has 7 nitrogen and oxygen atoms in total. The number of carbonyl (C=O) groups excluding carboxylic acids is 1. The molecule has 3 rings (SSSR count). The summed E-state index contributed by atoms with van der Waals surface area (Å²) in [5, 5.41) is 2.58. The first-order valence-corrected chi connectivity index (χ1v) is 10.2. The van der Waals surface area contributed by atoms with Crippen LogP contribution in [-0.2, 0) is 14.8 Å². The van der Waals surface area contributed by atoms with Gasteiger partial charge in [-0.2, -0.15) is 0 Å². The molecule has 0 radical (unpaired) electrons. The van der Waals surface area contributed by atoms with Gasteiger partial charge in [0.1, 0.15) is 11.6 Å². The van der Waals surface area contributed by atoms with Crippen molar-refractivity contribution in [1.29, 1.82) is 0 Å². The van der Waals surface area contributed by atoms with Crippen molar-refractivity contribution in [3.8, 4) is 5.75 Å². The largest absolute Gasteiger partial charge is 0.496 e. The van der Waals surface area contributed by atoms with Crippen molar-refractivity contribution in [3.05, 3.63) is 52.8 Å². The lowest BCUT2D eigenvalue weighted by molar-refractivity contribution is 0.102. The number of ether oxygens (including phenoxy) is 2. The summed E-state index contributed by atoms with van der Waals surface area (Å²) in [6.45, 7) is 0.773. The van der Waals surface area contributed by atoms with E-state index in [1.165, 1.54) is 37.4 Å². The molecule has 1 fully saturated rings. The highest BCUT2D eigenvalue weighted by Crippen LogP contribution is 2.25. The molecular weight excluding hydrogens is 411 g/mol. The second kappa shape index (κ2) is 8.44. The Morgan fingerprint density at radius 2 is 2.07 bits per heavy atom. The van der Waals surface area contributed by atoms with Crippen LogP contribution in [0.1, 0.15) is 16.8 Å². The molecule has 1 atom stereocenters. The van der Waals surface area contributed by atoms with Crippen LogP contribution in [0.3, 0.4) is 0 Å². The van der Waals surface area contributed by atoms with Crippen molar-refractivity contribution in [1.82, 2.24) is 4.72 Å². The summed E-state index contributed by atoms with van der Waals surface area (Å²) in [6.07, 6.45) is 0.568. The average molecular weight is 429 g/mol. The maximum atomic E-state index is 14.0. The zero-order valence-electron chi connectivity index (χ0n) is 14.9. The highest BCUT2D eigenvalue weighted by atomic mass is 35.5. The first-order chi connectivity index (χ1) is 13.3. The molecule has 1 amide bonds. The summed E-state index contributed by atoms with van der Waals surface area (Å²) in [6, 6.07) is 7.34. The molecule has 150 valence electrons. The fourth-order valence-electron chi connectivity index (χ4n) is 2.73. The van der Waals surface area contributed by atoms with E-state index in [1.54, 1.807) is 0 Å². The third kappa shape index (κ3) is 4.61. The van der Waals surface area contributed by atoms with Gasteiger partial charge in [0, 0.05) is 17.7 Å². The van der Waals surface area contributed by atoms with Gasteiger partial charge >= 0.3 is 0 Å². The van der Waals surface area contributed by atoms with Gasteiger partial charge in [-0.05, 0) is 42.8 Å². The summed E-state index contributed by atoms with van der Waals surface area (Å²) in [4.78, 5) is 12.5. The Labute approximate surface area is 166 Å². The number of anilines is 1. The lowest BCUT2D eigenvalue weighted by atomic mass is 10.1. The molecule has 0 aliphatic carbocycles. The van der Waals surface area contributed by atoms with Crippen molar-refractivity contribution < 1.29 is 27.1 Å². The molecular formula is C18H18ClFN2O5S. The zero-order valence-corrected chi connectivity index (χ0v) is 16.4. The fraction of sp³-hybridized carbons (Fsp3) is 0.278. The minimum atomic E-state index is -3.87. The molecule has 10 heteroatoms. The third-order valence-electron chi connectivity index (χ3n) is 4.16. The Balaban J connectivity index is 1.88. The molecule has 2 N–H and O–H groups in total. The van der Waals surface area contributed by atoms with Crippen LogP contribution in [-0.4, -0.2) is 40.7 Å². The quantitative estimate of drug-likeness (QED) is 0.737. The number of halogens is 2. The van der Waals surface area contributed by atoms with E-state index in [2.05, 4.69) is 10.0 Å². The van der Waals surface area contributed by atoms with Gasteiger partial charge in [0.2, 0.25) is 10.0 Å². The predicted molar refractivity (Wildman–Crippen MR) is 102 cm³/mol. The molecule has 1 aliphatic rings. The summed E-state index contributed by atoms with van der Waals surface area (Å²) < 4.78 is 52.0. The van der Waals surface area contributed by atoms with Gasteiger partial charge in [0.15, 0.2) is 0 Å². The summed E-state index contributed by atoms with van der Waals surface area (Å²) in [5.74, 6) is -1.29. The van der Waals surface area contributed by atoms with Crippen LogP contribution in [0, 0.1) is 5.82 Å². The van der Waals surface area contributed by atoms with Gasteiger partial charge in [-0.25, -0.2) is 17.5 Å².